The third-order valence-electron chi connectivity index (χ3n) is 11.8. The topological polar surface area (TPSA) is 42.4 Å². The van der Waals surface area contributed by atoms with Gasteiger partial charge in [-0.05, 0) is 145 Å². The maximum Gasteiger partial charge on any atom is 0.198 e. The third-order valence-corrected chi connectivity index (χ3v) is 12.2. The van der Waals surface area contributed by atoms with E-state index in [2.05, 4.69) is 185 Å². The first kappa shape index (κ1) is 34.6. The lowest BCUT2D eigenvalue weighted by molar-refractivity contribution is 0.637. The summed E-state index contributed by atoms with van der Waals surface area (Å²) in [5, 5.41) is 5.99. The number of benzene rings is 6. The average molecular weight is 837 g/mol. The molecule has 272 valence electrons. The molecule has 0 radical (unpaired) electrons. The Morgan fingerprint density at radius 3 is 2.36 bits per heavy atom. The van der Waals surface area contributed by atoms with Crippen molar-refractivity contribution in [1.29, 1.82) is 0 Å². The van der Waals surface area contributed by atoms with Crippen molar-refractivity contribution in [3.8, 4) is 0 Å². The van der Waals surface area contributed by atoms with Gasteiger partial charge in [-0.1, -0.05) is 138 Å². The Balaban J connectivity index is 1.09. The highest BCUT2D eigenvalue weighted by atomic mass is 127. The lowest BCUT2D eigenvalue weighted by Crippen LogP contribution is -2.33. The lowest BCUT2D eigenvalue weighted by Gasteiger charge is -2.32. The molecule has 3 aliphatic rings. The minimum atomic E-state index is 0.330. The zero-order valence-electron chi connectivity index (χ0n) is 31.1. The molecule has 56 heavy (non-hydrogen) atoms. The molecule has 2 N–H and O–H groups in total. The van der Waals surface area contributed by atoms with Crippen LogP contribution in [0.2, 0.25) is 0 Å². The number of fused-ring (bicyclic) bond motifs is 4. The van der Waals surface area contributed by atoms with Crippen LogP contribution >= 0.6 is 22.6 Å². The molecule has 1 atom stereocenters. The Hall–Kier alpha value is -5.85. The number of allylic oxidation sites excluding steroid dienone is 5. The van der Waals surface area contributed by atoms with Gasteiger partial charge in [0, 0.05) is 33.9 Å². The van der Waals surface area contributed by atoms with E-state index in [1.165, 1.54) is 55.1 Å². The van der Waals surface area contributed by atoms with Crippen molar-refractivity contribution in [2.24, 2.45) is 0 Å². The van der Waals surface area contributed by atoms with Gasteiger partial charge in [0.2, 0.25) is 0 Å². The molecule has 1 aromatic heterocycles. The Bertz CT molecular complexity index is 2910. The summed E-state index contributed by atoms with van der Waals surface area (Å²) in [4.78, 5) is 2.45. The van der Waals surface area contributed by atoms with Gasteiger partial charge in [-0.25, -0.2) is 0 Å². The number of hydrogen-bond acceptors (Lipinski definition) is 3. The van der Waals surface area contributed by atoms with Crippen LogP contribution in [0.25, 0.3) is 45.0 Å². The molecule has 0 amide bonds. The second kappa shape index (κ2) is 14.7. The summed E-state index contributed by atoms with van der Waals surface area (Å²) in [6.45, 7) is 0. The number of nitrogen functional groups attached to an aromatic ring is 1. The predicted molar refractivity (Wildman–Crippen MR) is 244 cm³/mol. The predicted octanol–water partition coefficient (Wildman–Crippen LogP) is 12.5. The Morgan fingerprint density at radius 1 is 0.714 bits per heavy atom. The summed E-state index contributed by atoms with van der Waals surface area (Å²) in [7, 11) is 0. The van der Waals surface area contributed by atoms with Crippen molar-refractivity contribution in [3.05, 3.63) is 205 Å². The summed E-state index contributed by atoms with van der Waals surface area (Å²) in [6, 6.07) is 49.1. The summed E-state index contributed by atoms with van der Waals surface area (Å²) in [5.74, 6) is 0.776. The number of anilines is 3. The van der Waals surface area contributed by atoms with Gasteiger partial charge in [0.25, 0.3) is 0 Å². The van der Waals surface area contributed by atoms with Crippen LogP contribution in [0.1, 0.15) is 59.4 Å². The Labute approximate surface area is 341 Å². The van der Waals surface area contributed by atoms with Crippen molar-refractivity contribution < 1.29 is 4.42 Å². The molecule has 0 bridgehead atoms. The minimum Gasteiger partial charge on any atom is -0.440 e. The van der Waals surface area contributed by atoms with Gasteiger partial charge in [0.05, 0.1) is 0 Å². The second-order valence-electron chi connectivity index (χ2n) is 15.0. The van der Waals surface area contributed by atoms with Crippen LogP contribution in [0.3, 0.4) is 0 Å². The van der Waals surface area contributed by atoms with Crippen LogP contribution in [-0.2, 0) is 6.42 Å². The van der Waals surface area contributed by atoms with E-state index in [1.54, 1.807) is 0 Å². The second-order valence-corrected chi connectivity index (χ2v) is 15.7. The molecule has 0 spiro atoms. The number of hydrogen-bond donors (Lipinski definition) is 1. The highest BCUT2D eigenvalue weighted by Gasteiger charge is 2.26. The number of aryl methyl sites for hydroxylation is 1. The van der Waals surface area contributed by atoms with E-state index >= 15 is 0 Å². The van der Waals surface area contributed by atoms with Crippen LogP contribution in [0, 0.1) is 0 Å². The van der Waals surface area contributed by atoms with E-state index in [0.29, 0.717) is 11.8 Å². The molecular formula is C52H41IN2O. The maximum absolute atomic E-state index is 6.33. The van der Waals surface area contributed by atoms with Crippen molar-refractivity contribution in [2.45, 2.75) is 38.0 Å². The summed E-state index contributed by atoms with van der Waals surface area (Å²) in [6.07, 6.45) is 16.6. The first-order valence-corrected chi connectivity index (χ1v) is 20.8. The largest absolute Gasteiger partial charge is 0.440 e. The van der Waals surface area contributed by atoms with E-state index < -0.39 is 0 Å². The Kier molecular flexibility index (Phi) is 9.07. The van der Waals surface area contributed by atoms with Gasteiger partial charge in [-0.2, -0.15) is 0 Å². The van der Waals surface area contributed by atoms with E-state index in [-0.39, 0.29) is 0 Å². The molecule has 6 aromatic carbocycles. The molecular weight excluding hydrogens is 795 g/mol. The van der Waals surface area contributed by atoms with Crippen molar-refractivity contribution in [3.63, 3.8) is 0 Å². The smallest absolute Gasteiger partial charge is 0.198 e. The Morgan fingerprint density at radius 2 is 1.52 bits per heavy atom. The summed E-state index contributed by atoms with van der Waals surface area (Å²) >= 11 is 2.23. The zero-order chi connectivity index (χ0) is 37.6. The lowest BCUT2D eigenvalue weighted by atomic mass is 9.77. The van der Waals surface area contributed by atoms with E-state index in [9.17, 15) is 0 Å². The molecule has 3 nitrogen and oxygen atoms in total. The molecule has 0 aliphatic heterocycles. The van der Waals surface area contributed by atoms with Crippen LogP contribution < -0.4 is 21.1 Å². The van der Waals surface area contributed by atoms with E-state index in [4.69, 9.17) is 10.2 Å². The first-order valence-electron chi connectivity index (χ1n) is 19.6. The minimum absolute atomic E-state index is 0.330. The number of nitrogens with zero attached hydrogens (tertiary/aromatic N) is 1. The molecule has 0 fully saturated rings. The van der Waals surface area contributed by atoms with E-state index in [1.807, 2.05) is 10.2 Å². The van der Waals surface area contributed by atoms with Crippen LogP contribution in [0.15, 0.2) is 171 Å². The fourth-order valence-corrected chi connectivity index (χ4v) is 9.52. The molecule has 0 saturated heterocycles. The van der Waals surface area contributed by atoms with Crippen LogP contribution in [-0.4, -0.2) is 0 Å². The number of nitrogens with two attached hydrogens (primary N) is 1. The summed E-state index contributed by atoms with van der Waals surface area (Å²) < 4.78 is 8.05. The number of rotatable bonds is 7. The zero-order valence-corrected chi connectivity index (χ0v) is 33.2. The summed E-state index contributed by atoms with van der Waals surface area (Å²) in [5.41, 5.74) is 21.2. The van der Waals surface area contributed by atoms with Crippen molar-refractivity contribution >= 4 is 84.9 Å². The molecule has 1 heterocycles. The number of halogens is 1. The monoisotopic (exact) mass is 836 g/mol. The molecule has 0 saturated carbocycles. The van der Waals surface area contributed by atoms with Gasteiger partial charge in [0.1, 0.15) is 5.58 Å². The average Bonchev–Trinajstić information content (AvgIpc) is 3.56. The SMILES string of the molecule is Nc1oc2cc3cc(N(C4=CC=C(C5=c6ccccc6=CCC5c5ccccc5)CC4)c4ccc(C5=CCCc6ccccc65)cc4)ccc3cc2c1/C=C\I. The van der Waals surface area contributed by atoms with Gasteiger partial charge in [0.15, 0.2) is 5.88 Å². The van der Waals surface area contributed by atoms with Gasteiger partial charge >= 0.3 is 0 Å². The molecule has 4 heteroatoms. The highest BCUT2D eigenvalue weighted by molar-refractivity contribution is 14.1. The van der Waals surface area contributed by atoms with Gasteiger partial charge in [-0.3, -0.25) is 0 Å². The van der Waals surface area contributed by atoms with Crippen molar-refractivity contribution in [2.75, 3.05) is 10.6 Å². The molecule has 3 aliphatic carbocycles. The molecule has 7 aromatic rings. The fraction of sp³-hybridized carbons (Fsp3) is 0.115. The normalized spacial score (nSPS) is 16.6. The molecule has 1 unspecified atom stereocenters. The third kappa shape index (κ3) is 6.22. The van der Waals surface area contributed by atoms with E-state index in [0.717, 1.165) is 70.8 Å². The number of furan rings is 1. The van der Waals surface area contributed by atoms with Crippen LogP contribution in [0.4, 0.5) is 17.3 Å². The van der Waals surface area contributed by atoms with Crippen molar-refractivity contribution in [1.82, 2.24) is 0 Å². The van der Waals surface area contributed by atoms with Crippen LogP contribution in [0.5, 0.6) is 0 Å². The highest BCUT2D eigenvalue weighted by Crippen LogP contribution is 2.43. The molecule has 10 rings (SSSR count). The standard InChI is InChI=1S/C52H41IN2O/c53-30-29-48-49-32-39-21-27-43(31-40(39)33-50(49)56-52(48)54)55(41-23-17-37(18-24-41)45-16-8-13-34-11-4-6-14-44(34)45)42-25-19-38(20-26-42)51-46-15-7-5-12-36(46)22-28-47(51)35-9-2-1-3-10-35/h1-7,9-12,14-19,21-25,27,29-33,47H,8,13,20,26,28,54H2/b30-29-. The van der Waals surface area contributed by atoms with Gasteiger partial charge < -0.3 is 15.1 Å². The maximum atomic E-state index is 6.33. The fourth-order valence-electron chi connectivity index (χ4n) is 9.16. The van der Waals surface area contributed by atoms with Gasteiger partial charge in [-0.15, -0.1) is 0 Å². The quantitative estimate of drug-likeness (QED) is 0.163. The first-order chi connectivity index (χ1) is 27.6.